The van der Waals surface area contributed by atoms with E-state index in [0.717, 1.165) is 18.4 Å². The highest BCUT2D eigenvalue weighted by molar-refractivity contribution is 9.10. The van der Waals surface area contributed by atoms with Crippen LogP contribution in [-0.2, 0) is 10.2 Å². The summed E-state index contributed by atoms with van der Waals surface area (Å²) >= 11 is 9.24. The van der Waals surface area contributed by atoms with Crippen LogP contribution in [-0.4, -0.2) is 30.8 Å². The molecule has 8 heteroatoms. The van der Waals surface area contributed by atoms with E-state index in [1.165, 1.54) is 4.31 Å². The number of hydrogen-bond acceptors (Lipinski definition) is 3. The second kappa shape index (κ2) is 5.32. The zero-order chi connectivity index (χ0) is 13.3. The molecule has 100 valence electrons. The topological polar surface area (TPSA) is 62.3 Å². The Labute approximate surface area is 120 Å². The van der Waals surface area contributed by atoms with Crippen molar-refractivity contribution in [2.24, 2.45) is 0 Å². The van der Waals surface area contributed by atoms with Crippen molar-refractivity contribution in [3.8, 4) is 0 Å². The van der Waals surface area contributed by atoms with Gasteiger partial charge in [-0.05, 0) is 41.3 Å². The smallest absolute Gasteiger partial charge is 0.267 e. The van der Waals surface area contributed by atoms with Crippen molar-refractivity contribution in [2.45, 2.75) is 19.8 Å². The number of nitrogens with zero attached hydrogens (tertiary/aromatic N) is 2. The Balaban J connectivity index is 2.31. The van der Waals surface area contributed by atoms with Crippen molar-refractivity contribution in [1.29, 1.82) is 0 Å². The summed E-state index contributed by atoms with van der Waals surface area (Å²) in [5, 5.41) is 0.151. The molecule has 1 saturated heterocycles. The van der Waals surface area contributed by atoms with Gasteiger partial charge in [0.25, 0.3) is 0 Å². The van der Waals surface area contributed by atoms with Crippen LogP contribution in [0.2, 0.25) is 5.15 Å². The first-order valence-electron chi connectivity index (χ1n) is 5.50. The highest BCUT2D eigenvalue weighted by Crippen LogP contribution is 2.30. The normalized spacial score (nSPS) is 17.1. The predicted octanol–water partition coefficient (Wildman–Crippen LogP) is 2.56. The summed E-state index contributed by atoms with van der Waals surface area (Å²) in [4.78, 5) is 3.92. The average molecular weight is 355 g/mol. The lowest BCUT2D eigenvalue weighted by molar-refractivity contribution is 0.482. The number of anilines is 1. The van der Waals surface area contributed by atoms with Gasteiger partial charge < -0.3 is 0 Å². The monoisotopic (exact) mass is 353 g/mol. The fourth-order valence-electron chi connectivity index (χ4n) is 1.79. The molecule has 5 nitrogen and oxygen atoms in total. The van der Waals surface area contributed by atoms with Gasteiger partial charge >= 0.3 is 10.2 Å². The first-order valence-corrected chi connectivity index (χ1v) is 8.11. The molecule has 1 aliphatic rings. The molecule has 0 atom stereocenters. The molecule has 0 amide bonds. The highest BCUT2D eigenvalue weighted by Gasteiger charge is 2.26. The third-order valence-electron chi connectivity index (χ3n) is 2.87. The minimum atomic E-state index is -3.54. The maximum Gasteiger partial charge on any atom is 0.301 e. The minimum absolute atomic E-state index is 0.151. The Morgan fingerprint density at radius 3 is 2.67 bits per heavy atom. The van der Waals surface area contributed by atoms with Crippen LogP contribution in [0.3, 0.4) is 0 Å². The zero-order valence-corrected chi connectivity index (χ0v) is 12.9. The molecule has 1 aromatic rings. The van der Waals surface area contributed by atoms with Crippen molar-refractivity contribution in [1.82, 2.24) is 9.29 Å². The van der Waals surface area contributed by atoms with E-state index in [0.29, 0.717) is 23.2 Å². The van der Waals surface area contributed by atoms with E-state index in [9.17, 15) is 8.42 Å². The van der Waals surface area contributed by atoms with E-state index in [-0.39, 0.29) is 5.15 Å². The first kappa shape index (κ1) is 14.0. The van der Waals surface area contributed by atoms with Crippen LogP contribution in [0, 0.1) is 6.92 Å². The summed E-state index contributed by atoms with van der Waals surface area (Å²) in [7, 11) is -3.54. The molecule has 1 aliphatic heterocycles. The molecule has 0 radical (unpaired) electrons. The maximum atomic E-state index is 12.1. The summed E-state index contributed by atoms with van der Waals surface area (Å²) in [6.07, 6.45) is 3.33. The van der Waals surface area contributed by atoms with Gasteiger partial charge in [0, 0.05) is 23.8 Å². The van der Waals surface area contributed by atoms with Crippen molar-refractivity contribution >= 4 is 43.4 Å². The molecule has 0 bridgehead atoms. The average Bonchev–Trinajstić information content (AvgIpc) is 2.84. The number of aromatic nitrogens is 1. The summed E-state index contributed by atoms with van der Waals surface area (Å²) in [6.45, 7) is 2.88. The number of rotatable bonds is 3. The Bertz CT molecular complexity index is 558. The molecule has 0 spiro atoms. The van der Waals surface area contributed by atoms with Crippen molar-refractivity contribution in [2.75, 3.05) is 17.8 Å². The number of nitrogens with one attached hydrogen (secondary N) is 1. The number of pyridine rings is 1. The van der Waals surface area contributed by atoms with Gasteiger partial charge in [0.05, 0.1) is 5.69 Å². The first-order chi connectivity index (χ1) is 8.42. The number of halogens is 2. The Morgan fingerprint density at radius 1 is 1.44 bits per heavy atom. The van der Waals surface area contributed by atoms with E-state index < -0.39 is 10.2 Å². The molecule has 1 aromatic heterocycles. The lowest BCUT2D eigenvalue weighted by Gasteiger charge is -2.18. The molecule has 0 aromatic carbocycles. The van der Waals surface area contributed by atoms with E-state index in [1.54, 1.807) is 13.1 Å². The fourth-order valence-corrected chi connectivity index (χ4v) is 3.76. The molecule has 1 fully saturated rings. The van der Waals surface area contributed by atoms with E-state index in [1.807, 2.05) is 0 Å². The van der Waals surface area contributed by atoms with E-state index >= 15 is 0 Å². The largest absolute Gasteiger partial charge is 0.301 e. The molecule has 2 heterocycles. The maximum absolute atomic E-state index is 12.1. The van der Waals surface area contributed by atoms with Crippen molar-refractivity contribution in [3.63, 3.8) is 0 Å². The molecule has 2 rings (SSSR count). The molecular formula is C10H13BrClN3O2S. The lowest BCUT2D eigenvalue weighted by atomic mass is 10.3. The molecule has 18 heavy (non-hydrogen) atoms. The van der Waals surface area contributed by atoms with Crippen molar-refractivity contribution < 1.29 is 8.42 Å². The lowest BCUT2D eigenvalue weighted by Crippen LogP contribution is -2.33. The predicted molar refractivity (Wildman–Crippen MR) is 75.0 cm³/mol. The summed E-state index contributed by atoms with van der Waals surface area (Å²) in [6, 6.07) is 0. The van der Waals surface area contributed by atoms with Gasteiger partial charge in [-0.1, -0.05) is 11.6 Å². The van der Waals surface area contributed by atoms with Crippen LogP contribution in [0.5, 0.6) is 0 Å². The van der Waals surface area contributed by atoms with E-state index in [4.69, 9.17) is 11.6 Å². The third kappa shape index (κ3) is 2.79. The molecule has 1 N–H and O–H groups in total. The van der Waals surface area contributed by atoms with Crippen LogP contribution in [0.25, 0.3) is 0 Å². The Morgan fingerprint density at radius 2 is 2.06 bits per heavy atom. The molecular weight excluding hydrogens is 342 g/mol. The van der Waals surface area contributed by atoms with Gasteiger partial charge in [-0.2, -0.15) is 12.7 Å². The number of hydrogen-bond donors (Lipinski definition) is 1. The Hall–Kier alpha value is -0.370. The van der Waals surface area contributed by atoms with Crippen molar-refractivity contribution in [3.05, 3.63) is 21.4 Å². The van der Waals surface area contributed by atoms with Gasteiger partial charge in [0.2, 0.25) is 0 Å². The van der Waals surface area contributed by atoms with Crippen LogP contribution in [0.1, 0.15) is 18.4 Å². The fraction of sp³-hybridized carbons (Fsp3) is 0.500. The molecule has 0 aliphatic carbocycles. The standard InChI is InChI=1S/C10H13BrClN3O2S/c1-7-8(11)6-13-10(12)9(7)14-18(16,17)15-4-2-3-5-15/h6,14H,2-5H2,1H3. The van der Waals surface area contributed by atoms with Gasteiger partial charge in [0.15, 0.2) is 5.15 Å². The third-order valence-corrected chi connectivity index (χ3v) is 5.46. The molecule has 0 saturated carbocycles. The summed E-state index contributed by atoms with van der Waals surface area (Å²) in [5.74, 6) is 0. The minimum Gasteiger partial charge on any atom is -0.267 e. The molecule has 0 unspecified atom stereocenters. The van der Waals surface area contributed by atoms with Gasteiger partial charge in [-0.25, -0.2) is 4.98 Å². The SMILES string of the molecule is Cc1c(Br)cnc(Cl)c1NS(=O)(=O)N1CCCC1. The van der Waals surface area contributed by atoms with Crippen LogP contribution < -0.4 is 4.72 Å². The van der Waals surface area contributed by atoms with Gasteiger partial charge in [0.1, 0.15) is 0 Å². The van der Waals surface area contributed by atoms with Crippen LogP contribution in [0.4, 0.5) is 5.69 Å². The highest BCUT2D eigenvalue weighted by atomic mass is 79.9. The quantitative estimate of drug-likeness (QED) is 0.849. The summed E-state index contributed by atoms with van der Waals surface area (Å²) in [5.41, 5.74) is 1.05. The summed E-state index contributed by atoms with van der Waals surface area (Å²) < 4.78 is 28.9. The van der Waals surface area contributed by atoms with Crippen LogP contribution in [0.15, 0.2) is 10.7 Å². The second-order valence-electron chi connectivity index (χ2n) is 4.11. The van der Waals surface area contributed by atoms with E-state index in [2.05, 4.69) is 25.6 Å². The zero-order valence-electron chi connectivity index (χ0n) is 9.78. The second-order valence-corrected chi connectivity index (χ2v) is 6.99. The van der Waals surface area contributed by atoms with Gasteiger partial charge in [-0.3, -0.25) is 4.72 Å². The van der Waals surface area contributed by atoms with Gasteiger partial charge in [-0.15, -0.1) is 0 Å². The van der Waals surface area contributed by atoms with Crippen LogP contribution >= 0.6 is 27.5 Å². The Kier molecular flexibility index (Phi) is 4.15.